The number of hydrogen-bond acceptors (Lipinski definition) is 1. The first kappa shape index (κ1) is 25.7. The van der Waals surface area contributed by atoms with Crippen molar-refractivity contribution in [3.8, 4) is 0 Å². The minimum absolute atomic E-state index is 0.263. The SMILES string of the molecule is CCCCCCC(C)CCCCCC(C)CCCCCCCC(C)C=O. The van der Waals surface area contributed by atoms with Crippen molar-refractivity contribution in [2.75, 3.05) is 0 Å². The summed E-state index contributed by atoms with van der Waals surface area (Å²) in [6.07, 6.45) is 24.6. The van der Waals surface area contributed by atoms with Gasteiger partial charge in [-0.05, 0) is 18.3 Å². The van der Waals surface area contributed by atoms with Gasteiger partial charge in [0, 0.05) is 5.92 Å². The third kappa shape index (κ3) is 18.5. The van der Waals surface area contributed by atoms with Gasteiger partial charge in [-0.1, -0.05) is 130 Å². The van der Waals surface area contributed by atoms with Crippen molar-refractivity contribution < 1.29 is 4.79 Å². The molecule has 3 unspecified atom stereocenters. The molecule has 26 heavy (non-hydrogen) atoms. The molecule has 1 heteroatoms. The third-order valence-corrected chi connectivity index (χ3v) is 6.03. The van der Waals surface area contributed by atoms with Crippen molar-refractivity contribution in [3.05, 3.63) is 0 Å². The van der Waals surface area contributed by atoms with E-state index in [0.29, 0.717) is 0 Å². The maximum absolute atomic E-state index is 10.6. The minimum atomic E-state index is 0.263. The molecule has 0 saturated heterocycles. The molecule has 0 heterocycles. The van der Waals surface area contributed by atoms with Crippen molar-refractivity contribution >= 4 is 6.29 Å². The summed E-state index contributed by atoms with van der Waals surface area (Å²) < 4.78 is 0. The monoisotopic (exact) mass is 366 g/mol. The molecule has 0 amide bonds. The lowest BCUT2D eigenvalue weighted by molar-refractivity contribution is -0.110. The highest BCUT2D eigenvalue weighted by atomic mass is 16.1. The number of hydrogen-bond donors (Lipinski definition) is 0. The Kier molecular flexibility index (Phi) is 19.2. The van der Waals surface area contributed by atoms with Crippen LogP contribution in [-0.2, 0) is 4.79 Å². The largest absolute Gasteiger partial charge is 0.303 e. The van der Waals surface area contributed by atoms with Crippen molar-refractivity contribution in [3.63, 3.8) is 0 Å². The van der Waals surface area contributed by atoms with Gasteiger partial charge in [0.05, 0.1) is 0 Å². The maximum atomic E-state index is 10.6. The lowest BCUT2D eigenvalue weighted by atomic mass is 9.93. The zero-order valence-electron chi connectivity index (χ0n) is 18.7. The number of rotatable bonds is 20. The van der Waals surface area contributed by atoms with Crippen LogP contribution in [0.3, 0.4) is 0 Å². The molecule has 3 atom stereocenters. The normalized spacial score (nSPS) is 14.9. The van der Waals surface area contributed by atoms with Gasteiger partial charge < -0.3 is 4.79 Å². The summed E-state index contributed by atoms with van der Waals surface area (Å²) in [5.74, 6) is 2.12. The smallest absolute Gasteiger partial charge is 0.122 e. The van der Waals surface area contributed by atoms with Crippen LogP contribution in [0.25, 0.3) is 0 Å². The molecule has 0 aliphatic heterocycles. The van der Waals surface area contributed by atoms with Crippen LogP contribution in [0.15, 0.2) is 0 Å². The van der Waals surface area contributed by atoms with Gasteiger partial charge in [0.2, 0.25) is 0 Å². The molecular formula is C25H50O. The topological polar surface area (TPSA) is 17.1 Å². The predicted molar refractivity (Wildman–Crippen MR) is 118 cm³/mol. The van der Waals surface area contributed by atoms with Gasteiger partial charge in [-0.2, -0.15) is 0 Å². The van der Waals surface area contributed by atoms with Crippen molar-refractivity contribution in [1.82, 2.24) is 0 Å². The molecule has 0 bridgehead atoms. The summed E-state index contributed by atoms with van der Waals surface area (Å²) in [5, 5.41) is 0. The minimum Gasteiger partial charge on any atom is -0.303 e. The molecule has 1 nitrogen and oxygen atoms in total. The number of carbonyl (C=O) groups is 1. The summed E-state index contributed by atoms with van der Waals surface area (Å²) in [6.45, 7) is 9.22. The Morgan fingerprint density at radius 3 is 1.31 bits per heavy atom. The average Bonchev–Trinajstić information content (AvgIpc) is 2.63. The van der Waals surface area contributed by atoms with Gasteiger partial charge in [0.1, 0.15) is 6.29 Å². The Morgan fingerprint density at radius 2 is 0.885 bits per heavy atom. The van der Waals surface area contributed by atoms with E-state index in [1.807, 2.05) is 6.92 Å². The molecule has 0 saturated carbocycles. The Balaban J connectivity index is 3.31. The standard InChI is InChI=1S/C25H50O/c1-5-6-7-12-17-23(2)19-15-11-16-20-24(3)18-13-9-8-10-14-21-25(4)22-26/h22-25H,5-21H2,1-4H3. The van der Waals surface area contributed by atoms with E-state index in [-0.39, 0.29) is 5.92 Å². The van der Waals surface area contributed by atoms with Crippen LogP contribution in [0.5, 0.6) is 0 Å². The molecule has 0 aliphatic rings. The molecule has 156 valence electrons. The molecule has 0 N–H and O–H groups in total. The second-order valence-electron chi connectivity index (χ2n) is 9.16. The van der Waals surface area contributed by atoms with E-state index in [9.17, 15) is 4.79 Å². The number of aldehydes is 1. The molecule has 0 radical (unpaired) electrons. The first-order valence-corrected chi connectivity index (χ1v) is 12.0. The summed E-state index contributed by atoms with van der Waals surface area (Å²) in [6, 6.07) is 0. The number of unbranched alkanes of at least 4 members (excludes halogenated alkanes) is 9. The molecule has 0 aliphatic carbocycles. The lowest BCUT2D eigenvalue weighted by Gasteiger charge is -2.13. The van der Waals surface area contributed by atoms with Gasteiger partial charge in [-0.15, -0.1) is 0 Å². The summed E-state index contributed by atoms with van der Waals surface area (Å²) in [4.78, 5) is 10.6. The highest BCUT2D eigenvalue weighted by Crippen LogP contribution is 2.21. The first-order chi connectivity index (χ1) is 12.6. The van der Waals surface area contributed by atoms with Gasteiger partial charge in [0.15, 0.2) is 0 Å². The van der Waals surface area contributed by atoms with E-state index >= 15 is 0 Å². The third-order valence-electron chi connectivity index (χ3n) is 6.03. The van der Waals surface area contributed by atoms with Crippen LogP contribution < -0.4 is 0 Å². The Hall–Kier alpha value is -0.330. The predicted octanol–water partition coefficient (Wildman–Crippen LogP) is 8.75. The van der Waals surface area contributed by atoms with Crippen molar-refractivity contribution in [1.29, 1.82) is 0 Å². The van der Waals surface area contributed by atoms with Gasteiger partial charge >= 0.3 is 0 Å². The molecule has 0 fully saturated rings. The molecule has 0 aromatic carbocycles. The second kappa shape index (κ2) is 19.4. The fourth-order valence-corrected chi connectivity index (χ4v) is 3.93. The van der Waals surface area contributed by atoms with E-state index in [0.717, 1.165) is 24.5 Å². The Morgan fingerprint density at radius 1 is 0.538 bits per heavy atom. The Bertz CT molecular complexity index is 286. The van der Waals surface area contributed by atoms with Crippen LogP contribution in [0.1, 0.15) is 137 Å². The molecule has 0 aromatic heterocycles. The van der Waals surface area contributed by atoms with Gasteiger partial charge in [-0.3, -0.25) is 0 Å². The fourth-order valence-electron chi connectivity index (χ4n) is 3.93. The van der Waals surface area contributed by atoms with Gasteiger partial charge in [0.25, 0.3) is 0 Å². The molecule has 0 aromatic rings. The Labute approximate surface area is 166 Å². The summed E-state index contributed by atoms with van der Waals surface area (Å²) in [5.41, 5.74) is 0. The highest BCUT2D eigenvalue weighted by molar-refractivity contribution is 5.52. The lowest BCUT2D eigenvalue weighted by Crippen LogP contribution is -1.97. The van der Waals surface area contributed by atoms with Crippen LogP contribution in [0.2, 0.25) is 0 Å². The highest BCUT2D eigenvalue weighted by Gasteiger charge is 2.05. The van der Waals surface area contributed by atoms with E-state index in [1.165, 1.54) is 103 Å². The van der Waals surface area contributed by atoms with Crippen molar-refractivity contribution in [2.24, 2.45) is 17.8 Å². The number of carbonyl (C=O) groups excluding carboxylic acids is 1. The molecular weight excluding hydrogens is 316 g/mol. The summed E-state index contributed by atoms with van der Waals surface area (Å²) >= 11 is 0. The van der Waals surface area contributed by atoms with Crippen LogP contribution in [0.4, 0.5) is 0 Å². The maximum Gasteiger partial charge on any atom is 0.122 e. The van der Waals surface area contributed by atoms with E-state index < -0.39 is 0 Å². The second-order valence-corrected chi connectivity index (χ2v) is 9.16. The van der Waals surface area contributed by atoms with E-state index in [2.05, 4.69) is 20.8 Å². The van der Waals surface area contributed by atoms with Crippen LogP contribution >= 0.6 is 0 Å². The zero-order chi connectivity index (χ0) is 19.5. The average molecular weight is 367 g/mol. The van der Waals surface area contributed by atoms with E-state index in [1.54, 1.807) is 0 Å². The van der Waals surface area contributed by atoms with Gasteiger partial charge in [-0.25, -0.2) is 0 Å². The first-order valence-electron chi connectivity index (χ1n) is 12.0. The molecule has 0 rings (SSSR count). The van der Waals surface area contributed by atoms with Crippen LogP contribution in [0, 0.1) is 17.8 Å². The molecule has 0 spiro atoms. The summed E-state index contributed by atoms with van der Waals surface area (Å²) in [7, 11) is 0. The van der Waals surface area contributed by atoms with Crippen molar-refractivity contribution in [2.45, 2.75) is 137 Å². The quantitative estimate of drug-likeness (QED) is 0.155. The van der Waals surface area contributed by atoms with E-state index in [4.69, 9.17) is 0 Å². The zero-order valence-corrected chi connectivity index (χ0v) is 18.7. The fraction of sp³-hybridized carbons (Fsp3) is 0.960. The van der Waals surface area contributed by atoms with Crippen LogP contribution in [-0.4, -0.2) is 6.29 Å².